The number of aryl methyl sites for hydroxylation is 1. The van der Waals surface area contributed by atoms with E-state index in [-0.39, 0.29) is 11.6 Å². The molecule has 1 aliphatic heterocycles. The summed E-state index contributed by atoms with van der Waals surface area (Å²) in [4.78, 5) is 19.6. The molecule has 1 aliphatic carbocycles. The number of ether oxygens (including phenoxy) is 1. The molecule has 174 valence electrons. The minimum atomic E-state index is -0.148. The Hall–Kier alpha value is -3.22. The van der Waals surface area contributed by atoms with Gasteiger partial charge in [-0.3, -0.25) is 9.36 Å². The first kappa shape index (κ1) is 22.3. The molecule has 0 fully saturated rings. The van der Waals surface area contributed by atoms with Gasteiger partial charge >= 0.3 is 0 Å². The summed E-state index contributed by atoms with van der Waals surface area (Å²) in [7, 11) is 0. The van der Waals surface area contributed by atoms with Gasteiger partial charge in [-0.25, -0.2) is 4.99 Å². The van der Waals surface area contributed by atoms with E-state index in [4.69, 9.17) is 9.73 Å². The maximum atomic E-state index is 13.8. The van der Waals surface area contributed by atoms with Crippen LogP contribution in [0.1, 0.15) is 41.6 Å². The summed E-state index contributed by atoms with van der Waals surface area (Å²) in [5.41, 5.74) is 6.80. The van der Waals surface area contributed by atoms with Crippen molar-refractivity contribution >= 4 is 39.0 Å². The standard InChI is InChI=1S/C29H23BrN2O2S/c1-2-34-24-15-12-18(16-23(24)30)17-25-28(33)32-27(20-9-4-3-5-10-20)22-14-13-19-8-6-7-11-21(19)26(22)31-29(32)35-25/h3-12,15-17,27H,2,13-14H2,1H3. The van der Waals surface area contributed by atoms with Crippen LogP contribution in [0.25, 0.3) is 11.8 Å². The number of halogens is 1. The average Bonchev–Trinajstić information content (AvgIpc) is 3.19. The van der Waals surface area contributed by atoms with Gasteiger partial charge in [0.15, 0.2) is 4.80 Å². The van der Waals surface area contributed by atoms with Crippen LogP contribution in [0.2, 0.25) is 0 Å². The molecule has 6 rings (SSSR count). The summed E-state index contributed by atoms with van der Waals surface area (Å²) in [5.74, 6) is 0.793. The van der Waals surface area contributed by atoms with Gasteiger partial charge in [0.05, 0.1) is 27.4 Å². The Balaban J connectivity index is 1.56. The zero-order chi connectivity index (χ0) is 23.9. The number of aromatic nitrogens is 1. The van der Waals surface area contributed by atoms with Crippen molar-refractivity contribution < 1.29 is 4.74 Å². The number of thiazole rings is 1. The molecule has 1 aromatic heterocycles. The van der Waals surface area contributed by atoms with Crippen LogP contribution in [0.3, 0.4) is 0 Å². The van der Waals surface area contributed by atoms with Gasteiger partial charge in [-0.2, -0.15) is 0 Å². The third-order valence-corrected chi connectivity index (χ3v) is 8.14. The molecule has 0 saturated carbocycles. The van der Waals surface area contributed by atoms with Crippen LogP contribution in [0.5, 0.6) is 5.75 Å². The lowest BCUT2D eigenvalue weighted by atomic mass is 9.83. The molecule has 2 heterocycles. The van der Waals surface area contributed by atoms with Crippen molar-refractivity contribution in [3.05, 3.63) is 125 Å². The third kappa shape index (κ3) is 3.91. The number of fused-ring (bicyclic) bond motifs is 3. The second-order valence-corrected chi connectivity index (χ2v) is 10.5. The predicted molar refractivity (Wildman–Crippen MR) is 145 cm³/mol. The molecule has 2 aliphatic rings. The highest BCUT2D eigenvalue weighted by Crippen LogP contribution is 2.41. The van der Waals surface area contributed by atoms with Gasteiger partial charge in [-0.1, -0.05) is 72.0 Å². The Morgan fingerprint density at radius 2 is 1.89 bits per heavy atom. The van der Waals surface area contributed by atoms with Gasteiger partial charge in [0.1, 0.15) is 5.75 Å². The van der Waals surface area contributed by atoms with E-state index in [1.807, 2.05) is 54.0 Å². The van der Waals surface area contributed by atoms with E-state index < -0.39 is 0 Å². The molecule has 0 amide bonds. The van der Waals surface area contributed by atoms with Gasteiger partial charge < -0.3 is 4.74 Å². The topological polar surface area (TPSA) is 43.6 Å². The van der Waals surface area contributed by atoms with Crippen molar-refractivity contribution in [1.82, 2.24) is 4.57 Å². The molecule has 0 saturated heterocycles. The molecule has 1 atom stereocenters. The van der Waals surface area contributed by atoms with Crippen LogP contribution in [-0.2, 0) is 6.42 Å². The molecule has 4 aromatic rings. The van der Waals surface area contributed by atoms with E-state index in [9.17, 15) is 4.79 Å². The lowest BCUT2D eigenvalue weighted by Crippen LogP contribution is -2.38. The summed E-state index contributed by atoms with van der Waals surface area (Å²) in [5, 5.41) is 0. The highest BCUT2D eigenvalue weighted by Gasteiger charge is 2.32. The Bertz CT molecular complexity index is 1650. The molecule has 4 nitrogen and oxygen atoms in total. The Morgan fingerprint density at radius 3 is 2.69 bits per heavy atom. The molecule has 6 heteroatoms. The minimum Gasteiger partial charge on any atom is -0.493 e. The number of hydrogen-bond donors (Lipinski definition) is 0. The first-order valence-corrected chi connectivity index (χ1v) is 13.4. The summed E-state index contributed by atoms with van der Waals surface area (Å²) in [6, 6.07) is 24.6. The summed E-state index contributed by atoms with van der Waals surface area (Å²) in [6.07, 6.45) is 3.80. The molecule has 3 aromatic carbocycles. The van der Waals surface area contributed by atoms with E-state index in [0.29, 0.717) is 11.1 Å². The van der Waals surface area contributed by atoms with Gasteiger partial charge in [-0.05, 0) is 76.2 Å². The number of hydrogen-bond acceptors (Lipinski definition) is 4. The van der Waals surface area contributed by atoms with Gasteiger partial charge in [0.2, 0.25) is 0 Å². The number of benzene rings is 3. The van der Waals surface area contributed by atoms with E-state index in [1.165, 1.54) is 28.0 Å². The quantitative estimate of drug-likeness (QED) is 0.342. The van der Waals surface area contributed by atoms with Crippen molar-refractivity contribution in [3.63, 3.8) is 0 Å². The van der Waals surface area contributed by atoms with Gasteiger partial charge in [0, 0.05) is 5.56 Å². The first-order chi connectivity index (χ1) is 17.1. The normalized spacial score (nSPS) is 16.9. The molecule has 0 bridgehead atoms. The van der Waals surface area contributed by atoms with E-state index in [1.54, 1.807) is 0 Å². The zero-order valence-corrected chi connectivity index (χ0v) is 21.6. The van der Waals surface area contributed by atoms with E-state index >= 15 is 0 Å². The fourth-order valence-corrected chi connectivity index (χ4v) is 6.50. The van der Waals surface area contributed by atoms with Crippen LogP contribution in [0, 0.1) is 0 Å². The molecular weight excluding hydrogens is 520 g/mol. The third-order valence-electron chi connectivity index (χ3n) is 6.54. The number of allylic oxidation sites excluding steroid dienone is 1. The SMILES string of the molecule is CCOc1ccc(C=c2sc3n(c2=O)C(c2ccccc2)C2=C(N=3)c3ccccc3CC2)cc1Br. The van der Waals surface area contributed by atoms with Crippen molar-refractivity contribution in [3.8, 4) is 5.75 Å². The molecule has 1 unspecified atom stereocenters. The van der Waals surface area contributed by atoms with Crippen molar-refractivity contribution in [1.29, 1.82) is 0 Å². The number of rotatable bonds is 4. The molecule has 0 N–H and O–H groups in total. The maximum Gasteiger partial charge on any atom is 0.271 e. The maximum absolute atomic E-state index is 13.8. The van der Waals surface area contributed by atoms with Gasteiger partial charge in [0.25, 0.3) is 5.56 Å². The van der Waals surface area contributed by atoms with Crippen molar-refractivity contribution in [2.24, 2.45) is 4.99 Å². The Kier molecular flexibility index (Phi) is 5.78. The summed E-state index contributed by atoms with van der Waals surface area (Å²) < 4.78 is 9.07. The fourth-order valence-electron chi connectivity index (χ4n) is 4.99. The van der Waals surface area contributed by atoms with Crippen LogP contribution in [-0.4, -0.2) is 11.2 Å². The minimum absolute atomic E-state index is 0.00183. The van der Waals surface area contributed by atoms with Crippen LogP contribution in [0.4, 0.5) is 0 Å². The number of nitrogens with zero attached hydrogens (tertiary/aromatic N) is 2. The summed E-state index contributed by atoms with van der Waals surface area (Å²) in [6.45, 7) is 2.56. The zero-order valence-electron chi connectivity index (χ0n) is 19.2. The average molecular weight is 543 g/mol. The molecular formula is C29H23BrN2O2S. The molecule has 0 radical (unpaired) electrons. The summed E-state index contributed by atoms with van der Waals surface area (Å²) >= 11 is 5.04. The fraction of sp³-hybridized carbons (Fsp3) is 0.172. The van der Waals surface area contributed by atoms with Gasteiger partial charge in [-0.15, -0.1) is 0 Å². The highest BCUT2D eigenvalue weighted by molar-refractivity contribution is 9.10. The Labute approximate surface area is 215 Å². The highest BCUT2D eigenvalue weighted by atomic mass is 79.9. The lowest BCUT2D eigenvalue weighted by molar-refractivity contribution is 0.338. The van der Waals surface area contributed by atoms with Crippen LogP contribution >= 0.6 is 27.3 Å². The van der Waals surface area contributed by atoms with E-state index in [2.05, 4.69) is 52.3 Å². The monoisotopic (exact) mass is 542 g/mol. The predicted octanol–water partition coefficient (Wildman–Crippen LogP) is 5.48. The smallest absolute Gasteiger partial charge is 0.271 e. The van der Waals surface area contributed by atoms with Crippen LogP contribution in [0.15, 0.2) is 92.6 Å². The second kappa shape index (κ2) is 9.10. The second-order valence-electron chi connectivity index (χ2n) is 8.65. The Morgan fingerprint density at radius 1 is 1.09 bits per heavy atom. The first-order valence-electron chi connectivity index (χ1n) is 11.7. The molecule has 35 heavy (non-hydrogen) atoms. The molecule has 0 spiro atoms. The van der Waals surface area contributed by atoms with Crippen molar-refractivity contribution in [2.75, 3.05) is 6.61 Å². The van der Waals surface area contributed by atoms with Crippen LogP contribution < -0.4 is 19.6 Å². The largest absolute Gasteiger partial charge is 0.493 e. The van der Waals surface area contributed by atoms with Crippen molar-refractivity contribution in [2.45, 2.75) is 25.8 Å². The van der Waals surface area contributed by atoms with E-state index in [0.717, 1.165) is 44.7 Å². The lowest BCUT2D eigenvalue weighted by Gasteiger charge is -2.30.